The SMILES string of the molecule is CN1CCCC12CC2.COc1ccc2c(Oc3ccc(NC(=O)c4c(C)n(C)n(-c5ccccc5)c4=O)cc3F)ccnc2c1. The van der Waals surface area contributed by atoms with Gasteiger partial charge in [0.2, 0.25) is 0 Å². The Balaban J connectivity index is 0.000000383. The fourth-order valence-corrected chi connectivity index (χ4v) is 5.97. The number of methoxy groups -OCH3 is 1. The van der Waals surface area contributed by atoms with Crippen molar-refractivity contribution < 1.29 is 18.7 Å². The number of fused-ring (bicyclic) bond motifs is 1. The van der Waals surface area contributed by atoms with Crippen LogP contribution in [0.4, 0.5) is 10.1 Å². The number of anilines is 1. The van der Waals surface area contributed by atoms with Crippen LogP contribution >= 0.6 is 0 Å². The van der Waals surface area contributed by atoms with E-state index in [1.165, 1.54) is 49.0 Å². The zero-order valence-corrected chi connectivity index (χ0v) is 25.8. The molecule has 0 atom stereocenters. The second-order valence-electron chi connectivity index (χ2n) is 11.6. The molecule has 5 aromatic rings. The average molecular weight is 610 g/mol. The Hall–Kier alpha value is -4.96. The van der Waals surface area contributed by atoms with Crippen LogP contribution in [0.15, 0.2) is 83.8 Å². The van der Waals surface area contributed by atoms with Crippen molar-refractivity contribution in [1.29, 1.82) is 0 Å². The normalized spacial score (nSPS) is 15.0. The van der Waals surface area contributed by atoms with E-state index in [4.69, 9.17) is 9.47 Å². The smallest absolute Gasteiger partial charge is 0.284 e. The first-order valence-electron chi connectivity index (χ1n) is 15.0. The molecule has 2 fully saturated rings. The van der Waals surface area contributed by atoms with Crippen LogP contribution in [-0.2, 0) is 7.05 Å². The minimum Gasteiger partial charge on any atom is -0.497 e. The lowest BCUT2D eigenvalue weighted by molar-refractivity contribution is 0.102. The molecule has 45 heavy (non-hydrogen) atoms. The van der Waals surface area contributed by atoms with Gasteiger partial charge in [0, 0.05) is 42.0 Å². The molecule has 10 heteroatoms. The van der Waals surface area contributed by atoms with Crippen LogP contribution in [0.2, 0.25) is 0 Å². The summed E-state index contributed by atoms with van der Waals surface area (Å²) >= 11 is 0. The lowest BCUT2D eigenvalue weighted by Gasteiger charge is -2.16. The fourth-order valence-electron chi connectivity index (χ4n) is 5.97. The lowest BCUT2D eigenvalue weighted by atomic mass is 10.2. The predicted octanol–water partition coefficient (Wildman–Crippen LogP) is 6.47. The molecule has 1 saturated heterocycles. The summed E-state index contributed by atoms with van der Waals surface area (Å²) in [5.41, 5.74) is 2.18. The maximum atomic E-state index is 15.0. The summed E-state index contributed by atoms with van der Waals surface area (Å²) in [4.78, 5) is 33.0. The summed E-state index contributed by atoms with van der Waals surface area (Å²) in [6.07, 6.45) is 7.43. The van der Waals surface area contributed by atoms with Crippen LogP contribution in [0.3, 0.4) is 0 Å². The minimum atomic E-state index is -0.678. The van der Waals surface area contributed by atoms with Gasteiger partial charge in [-0.3, -0.25) is 19.3 Å². The van der Waals surface area contributed by atoms with Gasteiger partial charge in [0.15, 0.2) is 11.6 Å². The van der Waals surface area contributed by atoms with Crippen LogP contribution in [0.1, 0.15) is 41.7 Å². The van der Waals surface area contributed by atoms with E-state index in [2.05, 4.69) is 22.2 Å². The van der Waals surface area contributed by atoms with E-state index in [1.807, 2.05) is 18.2 Å². The highest BCUT2D eigenvalue weighted by atomic mass is 19.1. The van der Waals surface area contributed by atoms with Crippen molar-refractivity contribution in [2.75, 3.05) is 26.0 Å². The second-order valence-corrected chi connectivity index (χ2v) is 11.6. The second kappa shape index (κ2) is 12.2. The molecule has 1 spiro atoms. The number of likely N-dealkylation sites (tertiary alicyclic amines) is 1. The molecule has 1 saturated carbocycles. The molecule has 0 unspecified atom stereocenters. The van der Waals surface area contributed by atoms with Crippen molar-refractivity contribution >= 4 is 22.5 Å². The fraction of sp³-hybridized carbons (Fsp3) is 0.286. The number of nitrogens with zero attached hydrogens (tertiary/aromatic N) is 4. The van der Waals surface area contributed by atoms with Crippen LogP contribution in [0, 0.1) is 12.7 Å². The van der Waals surface area contributed by atoms with Gasteiger partial charge in [-0.2, -0.15) is 0 Å². The van der Waals surface area contributed by atoms with Gasteiger partial charge in [-0.15, -0.1) is 0 Å². The summed E-state index contributed by atoms with van der Waals surface area (Å²) in [5, 5.41) is 3.31. The topological polar surface area (TPSA) is 90.6 Å². The molecule has 1 aliphatic carbocycles. The predicted molar refractivity (Wildman–Crippen MR) is 172 cm³/mol. The highest BCUT2D eigenvalue weighted by Crippen LogP contribution is 2.48. The monoisotopic (exact) mass is 609 g/mol. The van der Waals surface area contributed by atoms with E-state index in [0.717, 1.165) is 11.6 Å². The van der Waals surface area contributed by atoms with E-state index >= 15 is 0 Å². The molecular weight excluding hydrogens is 573 g/mol. The van der Waals surface area contributed by atoms with Gasteiger partial charge in [0.1, 0.15) is 17.1 Å². The highest BCUT2D eigenvalue weighted by molar-refractivity contribution is 6.05. The number of halogens is 1. The standard InChI is InChI=1S/C28H23FN4O4.C7H13N/c1-17-26(28(35)33(32(17)2)19-7-5-4-6-8-19)27(34)31-18-9-12-25(22(29)15-18)37-24-13-14-30-23-16-20(36-3)10-11-21(23)24;1-8-6-2-3-7(8)4-5-7/h4-16H,1-3H3,(H,31,34);2-6H2,1H3. The van der Waals surface area contributed by atoms with Gasteiger partial charge in [-0.25, -0.2) is 9.07 Å². The number of nitrogens with one attached hydrogen (secondary N) is 1. The zero-order valence-electron chi connectivity index (χ0n) is 25.8. The Morgan fingerprint density at radius 1 is 0.978 bits per heavy atom. The number of benzene rings is 3. The summed E-state index contributed by atoms with van der Waals surface area (Å²) in [6, 6.07) is 20.0. The van der Waals surface area contributed by atoms with E-state index in [9.17, 15) is 14.0 Å². The minimum absolute atomic E-state index is 0.0224. The quantitative estimate of drug-likeness (QED) is 0.237. The Bertz CT molecular complexity index is 1930. The van der Waals surface area contributed by atoms with Gasteiger partial charge in [-0.1, -0.05) is 18.2 Å². The number of aromatic nitrogens is 3. The summed E-state index contributed by atoms with van der Waals surface area (Å²) in [6.45, 7) is 3.03. The number of pyridine rings is 1. The molecule has 9 nitrogen and oxygen atoms in total. The molecule has 1 aliphatic heterocycles. The molecule has 0 bridgehead atoms. The van der Waals surface area contributed by atoms with Crippen LogP contribution in [0.25, 0.3) is 16.6 Å². The Labute approximate surface area is 260 Å². The Morgan fingerprint density at radius 2 is 1.76 bits per heavy atom. The van der Waals surface area contributed by atoms with Crippen molar-refractivity contribution in [1.82, 2.24) is 19.2 Å². The largest absolute Gasteiger partial charge is 0.497 e. The van der Waals surface area contributed by atoms with E-state index < -0.39 is 17.3 Å². The first-order chi connectivity index (χ1) is 21.7. The number of carbonyl (C=O) groups is 1. The summed E-state index contributed by atoms with van der Waals surface area (Å²) in [7, 11) is 5.53. The molecule has 3 heterocycles. The molecule has 3 aromatic carbocycles. The Kier molecular flexibility index (Phi) is 8.16. The number of hydrogen-bond donors (Lipinski definition) is 1. The summed E-state index contributed by atoms with van der Waals surface area (Å²) < 4.78 is 29.0. The van der Waals surface area contributed by atoms with Gasteiger partial charge in [0.05, 0.1) is 24.0 Å². The molecule has 232 valence electrons. The average Bonchev–Trinajstić information content (AvgIpc) is 3.69. The number of amides is 1. The molecule has 7 rings (SSSR count). The number of rotatable bonds is 6. The molecule has 2 aromatic heterocycles. The van der Waals surface area contributed by atoms with Gasteiger partial charge >= 0.3 is 0 Å². The molecule has 1 amide bonds. The van der Waals surface area contributed by atoms with Crippen molar-refractivity contribution in [3.8, 4) is 22.9 Å². The first-order valence-corrected chi connectivity index (χ1v) is 15.0. The van der Waals surface area contributed by atoms with Crippen LogP contribution < -0.4 is 20.3 Å². The molecular formula is C35H36FN5O4. The van der Waals surface area contributed by atoms with Crippen molar-refractivity contribution in [3.05, 3.63) is 106 Å². The number of ether oxygens (including phenoxy) is 2. The van der Waals surface area contributed by atoms with Gasteiger partial charge in [-0.05, 0) is 88.7 Å². The first kappa shape index (κ1) is 30.1. The third-order valence-corrected chi connectivity index (χ3v) is 8.87. The van der Waals surface area contributed by atoms with Crippen molar-refractivity contribution in [3.63, 3.8) is 0 Å². The lowest BCUT2D eigenvalue weighted by Crippen LogP contribution is -2.25. The number of hydrogen-bond acceptors (Lipinski definition) is 6. The highest BCUT2D eigenvalue weighted by Gasteiger charge is 2.48. The third kappa shape index (κ3) is 5.93. The van der Waals surface area contributed by atoms with Gasteiger partial charge in [0.25, 0.3) is 11.5 Å². The van der Waals surface area contributed by atoms with Crippen LogP contribution in [0.5, 0.6) is 17.2 Å². The van der Waals surface area contributed by atoms with Gasteiger partial charge < -0.3 is 19.7 Å². The maximum absolute atomic E-state index is 15.0. The molecule has 2 aliphatic rings. The third-order valence-electron chi connectivity index (χ3n) is 8.87. The number of para-hydroxylation sites is 1. The molecule has 0 radical (unpaired) electrons. The number of carbonyl (C=O) groups excluding carboxylic acids is 1. The molecule has 1 N–H and O–H groups in total. The van der Waals surface area contributed by atoms with E-state index in [1.54, 1.807) is 68.4 Å². The van der Waals surface area contributed by atoms with E-state index in [0.29, 0.717) is 33.8 Å². The van der Waals surface area contributed by atoms with Crippen LogP contribution in [-0.4, -0.2) is 51.4 Å². The Morgan fingerprint density at radius 3 is 2.40 bits per heavy atom. The summed E-state index contributed by atoms with van der Waals surface area (Å²) in [5.74, 6) is -0.265. The van der Waals surface area contributed by atoms with Crippen molar-refractivity contribution in [2.24, 2.45) is 7.05 Å². The zero-order chi connectivity index (χ0) is 31.7. The van der Waals surface area contributed by atoms with E-state index in [-0.39, 0.29) is 17.0 Å². The maximum Gasteiger partial charge on any atom is 0.284 e. The van der Waals surface area contributed by atoms with Crippen molar-refractivity contribution in [2.45, 2.75) is 38.1 Å².